The number of likely N-dealkylation sites (tertiary alicyclic amines) is 1. The van der Waals surface area contributed by atoms with Gasteiger partial charge in [-0.3, -0.25) is 9.78 Å². The number of nitrogens with one attached hydrogen (secondary N) is 1. The summed E-state index contributed by atoms with van der Waals surface area (Å²) in [6.45, 7) is 3.51. The van der Waals surface area contributed by atoms with Crippen molar-refractivity contribution in [2.45, 2.75) is 25.0 Å². The highest BCUT2D eigenvalue weighted by Gasteiger charge is 2.30. The first-order valence-corrected chi connectivity index (χ1v) is 7.51. The summed E-state index contributed by atoms with van der Waals surface area (Å²) in [5.41, 5.74) is 0. The molecule has 1 aromatic heterocycles. The molecule has 0 bridgehead atoms. The molecule has 0 saturated carbocycles. The van der Waals surface area contributed by atoms with Gasteiger partial charge in [-0.1, -0.05) is 0 Å². The summed E-state index contributed by atoms with van der Waals surface area (Å²) in [7, 11) is 0. The van der Waals surface area contributed by atoms with Gasteiger partial charge in [0.25, 0.3) is 5.91 Å². The van der Waals surface area contributed by atoms with Gasteiger partial charge in [-0.05, 0) is 12.1 Å². The summed E-state index contributed by atoms with van der Waals surface area (Å²) < 4.78 is 11.4. The molecule has 2 saturated heterocycles. The zero-order valence-corrected chi connectivity index (χ0v) is 12.0. The van der Waals surface area contributed by atoms with Crippen LogP contribution in [-0.2, 0) is 9.53 Å². The molecule has 2 aliphatic rings. The fourth-order valence-corrected chi connectivity index (χ4v) is 2.73. The standard InChI is InChI=1S/C15H21N3O3/c19-15(14-11-17-7-10-20-14)18-8-3-13(4-9-18)21-12-1-5-16-6-2-12/h1-2,5-6,13-14,17H,3-4,7-11H2/t14-/m1/s1. The summed E-state index contributed by atoms with van der Waals surface area (Å²) in [4.78, 5) is 18.2. The average molecular weight is 291 g/mol. The van der Waals surface area contributed by atoms with Crippen LogP contribution in [-0.4, -0.2) is 60.8 Å². The van der Waals surface area contributed by atoms with Gasteiger partial charge in [-0.2, -0.15) is 0 Å². The Balaban J connectivity index is 1.47. The summed E-state index contributed by atoms with van der Waals surface area (Å²) >= 11 is 0. The molecule has 0 unspecified atom stereocenters. The molecule has 6 nitrogen and oxygen atoms in total. The maximum Gasteiger partial charge on any atom is 0.253 e. The highest BCUT2D eigenvalue weighted by molar-refractivity contribution is 5.81. The second-order valence-corrected chi connectivity index (χ2v) is 5.39. The molecule has 1 aromatic rings. The van der Waals surface area contributed by atoms with Crippen molar-refractivity contribution in [1.29, 1.82) is 0 Å². The number of hydrogen-bond donors (Lipinski definition) is 1. The lowest BCUT2D eigenvalue weighted by Gasteiger charge is -2.35. The van der Waals surface area contributed by atoms with Gasteiger partial charge in [0.2, 0.25) is 0 Å². The van der Waals surface area contributed by atoms with Crippen molar-refractivity contribution in [2.75, 3.05) is 32.8 Å². The molecule has 1 N–H and O–H groups in total. The smallest absolute Gasteiger partial charge is 0.253 e. The SMILES string of the molecule is O=C([C@H]1CNCCO1)N1CCC(Oc2ccncc2)CC1. The molecule has 0 aromatic carbocycles. The number of morpholine rings is 1. The first-order valence-electron chi connectivity index (χ1n) is 7.51. The summed E-state index contributed by atoms with van der Waals surface area (Å²) in [5.74, 6) is 0.944. The molecule has 3 heterocycles. The van der Waals surface area contributed by atoms with Crippen LogP contribution in [0.15, 0.2) is 24.5 Å². The molecule has 21 heavy (non-hydrogen) atoms. The van der Waals surface area contributed by atoms with E-state index in [0.29, 0.717) is 13.2 Å². The van der Waals surface area contributed by atoms with Crippen molar-refractivity contribution < 1.29 is 14.3 Å². The maximum absolute atomic E-state index is 12.3. The van der Waals surface area contributed by atoms with Gasteiger partial charge in [0.1, 0.15) is 18.0 Å². The van der Waals surface area contributed by atoms with E-state index >= 15 is 0 Å². The van der Waals surface area contributed by atoms with Crippen LogP contribution >= 0.6 is 0 Å². The number of aromatic nitrogens is 1. The minimum atomic E-state index is -0.323. The average Bonchev–Trinajstić information content (AvgIpc) is 2.57. The minimum absolute atomic E-state index is 0.101. The van der Waals surface area contributed by atoms with Gasteiger partial charge in [0, 0.05) is 51.4 Å². The lowest BCUT2D eigenvalue weighted by Crippen LogP contribution is -2.52. The van der Waals surface area contributed by atoms with Crippen molar-refractivity contribution in [1.82, 2.24) is 15.2 Å². The summed E-state index contributed by atoms with van der Waals surface area (Å²) in [5, 5.41) is 3.19. The second-order valence-electron chi connectivity index (χ2n) is 5.39. The Kier molecular flexibility index (Phi) is 4.67. The predicted molar refractivity (Wildman–Crippen MR) is 77.1 cm³/mol. The summed E-state index contributed by atoms with van der Waals surface area (Å²) in [6, 6.07) is 3.72. The van der Waals surface area contributed by atoms with Gasteiger partial charge >= 0.3 is 0 Å². The van der Waals surface area contributed by atoms with Crippen molar-refractivity contribution in [3.8, 4) is 5.75 Å². The molecule has 2 fully saturated rings. The van der Waals surface area contributed by atoms with Crippen LogP contribution in [0.25, 0.3) is 0 Å². The fraction of sp³-hybridized carbons (Fsp3) is 0.600. The van der Waals surface area contributed by atoms with Crippen LogP contribution in [0, 0.1) is 0 Å². The van der Waals surface area contributed by atoms with Crippen molar-refractivity contribution in [2.24, 2.45) is 0 Å². The first-order chi connectivity index (χ1) is 10.3. The molecular weight excluding hydrogens is 270 g/mol. The second kappa shape index (κ2) is 6.87. The van der Waals surface area contributed by atoms with Crippen LogP contribution in [0.3, 0.4) is 0 Å². The summed E-state index contributed by atoms with van der Waals surface area (Å²) in [6.07, 6.45) is 5.00. The largest absolute Gasteiger partial charge is 0.490 e. The molecule has 114 valence electrons. The zero-order chi connectivity index (χ0) is 14.5. The Morgan fingerprint density at radius 3 is 2.76 bits per heavy atom. The molecule has 1 atom stereocenters. The maximum atomic E-state index is 12.3. The van der Waals surface area contributed by atoms with E-state index in [1.54, 1.807) is 12.4 Å². The Morgan fingerprint density at radius 1 is 1.33 bits per heavy atom. The van der Waals surface area contributed by atoms with Crippen LogP contribution in [0.5, 0.6) is 5.75 Å². The lowest BCUT2D eigenvalue weighted by molar-refractivity contribution is -0.147. The molecule has 0 radical (unpaired) electrons. The van der Waals surface area contributed by atoms with E-state index in [4.69, 9.17) is 9.47 Å². The molecule has 0 spiro atoms. The third-order valence-electron chi connectivity index (χ3n) is 3.91. The lowest BCUT2D eigenvalue weighted by atomic mass is 10.1. The highest BCUT2D eigenvalue weighted by Crippen LogP contribution is 2.19. The van der Waals surface area contributed by atoms with E-state index in [0.717, 1.165) is 38.2 Å². The van der Waals surface area contributed by atoms with E-state index in [1.165, 1.54) is 0 Å². The molecule has 2 aliphatic heterocycles. The van der Waals surface area contributed by atoms with Crippen molar-refractivity contribution >= 4 is 5.91 Å². The van der Waals surface area contributed by atoms with Gasteiger partial charge in [0.05, 0.1) is 6.61 Å². The molecule has 6 heteroatoms. The Hall–Kier alpha value is -1.66. The molecule has 3 rings (SSSR count). The third-order valence-corrected chi connectivity index (χ3v) is 3.91. The number of ether oxygens (including phenoxy) is 2. The number of carbonyl (C=O) groups is 1. The Labute approximate surface area is 124 Å². The van der Waals surface area contributed by atoms with Crippen LogP contribution < -0.4 is 10.1 Å². The Bertz CT molecular complexity index is 454. The van der Waals surface area contributed by atoms with E-state index in [1.807, 2.05) is 17.0 Å². The Morgan fingerprint density at radius 2 is 2.10 bits per heavy atom. The number of carbonyl (C=O) groups excluding carboxylic acids is 1. The van der Waals surface area contributed by atoms with Crippen LogP contribution in [0.4, 0.5) is 0 Å². The van der Waals surface area contributed by atoms with Gasteiger partial charge in [0.15, 0.2) is 0 Å². The quantitative estimate of drug-likeness (QED) is 0.875. The van der Waals surface area contributed by atoms with E-state index < -0.39 is 0 Å². The van der Waals surface area contributed by atoms with Gasteiger partial charge in [-0.15, -0.1) is 0 Å². The predicted octanol–water partition coefficient (Wildman–Crippen LogP) is 0.440. The number of nitrogens with zero attached hydrogens (tertiary/aromatic N) is 2. The van der Waals surface area contributed by atoms with E-state index in [2.05, 4.69) is 10.3 Å². The van der Waals surface area contributed by atoms with Gasteiger partial charge in [-0.25, -0.2) is 0 Å². The molecule has 1 amide bonds. The van der Waals surface area contributed by atoms with E-state index in [-0.39, 0.29) is 18.1 Å². The number of rotatable bonds is 3. The highest BCUT2D eigenvalue weighted by atomic mass is 16.5. The van der Waals surface area contributed by atoms with Crippen molar-refractivity contribution in [3.05, 3.63) is 24.5 Å². The third kappa shape index (κ3) is 3.71. The number of amides is 1. The number of pyridine rings is 1. The normalized spacial score (nSPS) is 23.8. The van der Waals surface area contributed by atoms with Crippen LogP contribution in [0.1, 0.15) is 12.8 Å². The van der Waals surface area contributed by atoms with Crippen molar-refractivity contribution in [3.63, 3.8) is 0 Å². The zero-order valence-electron chi connectivity index (χ0n) is 12.0. The molecule has 0 aliphatic carbocycles. The van der Waals surface area contributed by atoms with E-state index in [9.17, 15) is 4.79 Å². The first kappa shape index (κ1) is 14.3. The fourth-order valence-electron chi connectivity index (χ4n) is 2.73. The number of hydrogen-bond acceptors (Lipinski definition) is 5. The minimum Gasteiger partial charge on any atom is -0.490 e. The monoisotopic (exact) mass is 291 g/mol. The van der Waals surface area contributed by atoms with Crippen LogP contribution in [0.2, 0.25) is 0 Å². The number of piperidine rings is 1. The topological polar surface area (TPSA) is 63.7 Å². The molecular formula is C15H21N3O3. The van der Waals surface area contributed by atoms with Gasteiger partial charge < -0.3 is 19.7 Å².